The van der Waals surface area contributed by atoms with E-state index in [0.717, 1.165) is 11.8 Å². The van der Waals surface area contributed by atoms with Crippen LogP contribution in [0, 0.1) is 0 Å². The molecule has 1 nitrogen and oxygen atoms in total. The summed E-state index contributed by atoms with van der Waals surface area (Å²) >= 11 is 2.20. The predicted molar refractivity (Wildman–Crippen MR) is 86.9 cm³/mol. The van der Waals surface area contributed by atoms with Crippen LogP contribution in [0.4, 0.5) is 0 Å². The van der Waals surface area contributed by atoms with Crippen molar-refractivity contribution in [3.05, 3.63) is 35.9 Å². The molecule has 19 heavy (non-hydrogen) atoms. The van der Waals surface area contributed by atoms with Crippen LogP contribution >= 0.6 is 11.8 Å². The number of rotatable bonds is 8. The Morgan fingerprint density at radius 1 is 1.21 bits per heavy atom. The SMILES string of the molecule is CCCNC(CSC1CCCC1)Cc1ccccc1. The van der Waals surface area contributed by atoms with Crippen LogP contribution in [0.15, 0.2) is 30.3 Å². The van der Waals surface area contributed by atoms with Crippen LogP contribution < -0.4 is 5.32 Å². The van der Waals surface area contributed by atoms with E-state index in [1.165, 1.54) is 49.8 Å². The fraction of sp³-hybridized carbons (Fsp3) is 0.647. The van der Waals surface area contributed by atoms with Crippen molar-refractivity contribution in [2.45, 2.75) is 56.7 Å². The first-order valence-corrected chi connectivity index (χ1v) is 8.82. The third-order valence-electron chi connectivity index (χ3n) is 3.84. The summed E-state index contributed by atoms with van der Waals surface area (Å²) in [7, 11) is 0. The molecule has 1 aromatic carbocycles. The van der Waals surface area contributed by atoms with Gasteiger partial charge in [0.25, 0.3) is 0 Å². The average Bonchev–Trinajstić information content (AvgIpc) is 2.96. The monoisotopic (exact) mass is 277 g/mol. The molecule has 2 rings (SSSR count). The molecule has 0 saturated heterocycles. The van der Waals surface area contributed by atoms with Gasteiger partial charge in [-0.25, -0.2) is 0 Å². The van der Waals surface area contributed by atoms with Crippen LogP contribution in [0.5, 0.6) is 0 Å². The first-order chi connectivity index (χ1) is 9.38. The van der Waals surface area contributed by atoms with Crippen molar-refractivity contribution in [1.82, 2.24) is 5.32 Å². The van der Waals surface area contributed by atoms with Crippen molar-refractivity contribution in [2.24, 2.45) is 0 Å². The van der Waals surface area contributed by atoms with Crippen LogP contribution in [-0.4, -0.2) is 23.6 Å². The highest BCUT2D eigenvalue weighted by molar-refractivity contribution is 7.99. The maximum Gasteiger partial charge on any atom is 0.0198 e. The summed E-state index contributed by atoms with van der Waals surface area (Å²) in [4.78, 5) is 0. The van der Waals surface area contributed by atoms with Crippen LogP contribution in [0.3, 0.4) is 0 Å². The number of benzene rings is 1. The molecule has 1 N–H and O–H groups in total. The van der Waals surface area contributed by atoms with E-state index >= 15 is 0 Å². The van der Waals surface area contributed by atoms with Gasteiger partial charge in [0.1, 0.15) is 0 Å². The molecular weight excluding hydrogens is 250 g/mol. The lowest BCUT2D eigenvalue weighted by atomic mass is 10.1. The Hall–Kier alpha value is -0.470. The number of thioether (sulfide) groups is 1. The molecule has 1 aromatic rings. The highest BCUT2D eigenvalue weighted by Gasteiger charge is 2.17. The third-order valence-corrected chi connectivity index (χ3v) is 5.38. The van der Waals surface area contributed by atoms with Gasteiger partial charge in [-0.3, -0.25) is 0 Å². The minimum atomic E-state index is 0.632. The van der Waals surface area contributed by atoms with Crippen molar-refractivity contribution in [1.29, 1.82) is 0 Å². The zero-order valence-corrected chi connectivity index (χ0v) is 12.9. The fourth-order valence-electron chi connectivity index (χ4n) is 2.74. The Kier molecular flexibility index (Phi) is 6.80. The Labute approximate surface area is 122 Å². The van der Waals surface area contributed by atoms with E-state index in [-0.39, 0.29) is 0 Å². The van der Waals surface area contributed by atoms with E-state index in [0.29, 0.717) is 6.04 Å². The summed E-state index contributed by atoms with van der Waals surface area (Å²) in [6.07, 6.45) is 8.17. The van der Waals surface area contributed by atoms with Gasteiger partial charge in [0, 0.05) is 17.0 Å². The summed E-state index contributed by atoms with van der Waals surface area (Å²) in [5.74, 6) is 1.26. The molecule has 0 aromatic heterocycles. The van der Waals surface area contributed by atoms with Crippen molar-refractivity contribution >= 4 is 11.8 Å². The minimum Gasteiger partial charge on any atom is -0.313 e. The number of hydrogen-bond donors (Lipinski definition) is 1. The van der Waals surface area contributed by atoms with Crippen molar-refractivity contribution < 1.29 is 0 Å². The van der Waals surface area contributed by atoms with E-state index in [9.17, 15) is 0 Å². The molecule has 1 unspecified atom stereocenters. The Balaban J connectivity index is 1.80. The molecule has 0 spiro atoms. The second-order valence-electron chi connectivity index (χ2n) is 5.58. The van der Waals surface area contributed by atoms with Gasteiger partial charge in [-0.2, -0.15) is 11.8 Å². The lowest BCUT2D eigenvalue weighted by Crippen LogP contribution is -2.34. The van der Waals surface area contributed by atoms with E-state index in [2.05, 4.69) is 54.3 Å². The van der Waals surface area contributed by atoms with E-state index in [1.54, 1.807) is 0 Å². The molecule has 1 aliphatic carbocycles. The standard InChI is InChI=1S/C17H27NS/c1-2-12-18-16(13-15-8-4-3-5-9-15)14-19-17-10-6-7-11-17/h3-5,8-9,16-18H,2,6-7,10-14H2,1H3. The number of nitrogens with one attached hydrogen (secondary N) is 1. The van der Waals surface area contributed by atoms with Gasteiger partial charge in [-0.1, -0.05) is 50.1 Å². The van der Waals surface area contributed by atoms with Gasteiger partial charge < -0.3 is 5.32 Å². The highest BCUT2D eigenvalue weighted by atomic mass is 32.2. The van der Waals surface area contributed by atoms with Crippen molar-refractivity contribution in [3.63, 3.8) is 0 Å². The van der Waals surface area contributed by atoms with Crippen LogP contribution in [-0.2, 0) is 6.42 Å². The summed E-state index contributed by atoms with van der Waals surface area (Å²) in [5.41, 5.74) is 1.46. The Morgan fingerprint density at radius 2 is 1.95 bits per heavy atom. The van der Waals surface area contributed by atoms with Gasteiger partial charge in [0.15, 0.2) is 0 Å². The maximum atomic E-state index is 3.72. The van der Waals surface area contributed by atoms with E-state index < -0.39 is 0 Å². The van der Waals surface area contributed by atoms with Crippen molar-refractivity contribution in [3.8, 4) is 0 Å². The second-order valence-corrected chi connectivity index (χ2v) is 6.91. The topological polar surface area (TPSA) is 12.0 Å². The molecule has 106 valence electrons. The Morgan fingerprint density at radius 3 is 2.63 bits per heavy atom. The first-order valence-electron chi connectivity index (χ1n) is 7.77. The molecule has 0 heterocycles. The molecule has 0 radical (unpaired) electrons. The van der Waals surface area contributed by atoms with Crippen molar-refractivity contribution in [2.75, 3.05) is 12.3 Å². The third kappa shape index (κ3) is 5.58. The second kappa shape index (κ2) is 8.65. The summed E-state index contributed by atoms with van der Waals surface area (Å²) in [6, 6.07) is 11.5. The van der Waals surface area contributed by atoms with Crippen LogP contribution in [0.1, 0.15) is 44.6 Å². The number of hydrogen-bond acceptors (Lipinski definition) is 2. The molecule has 1 fully saturated rings. The van der Waals surface area contributed by atoms with E-state index in [4.69, 9.17) is 0 Å². The molecule has 1 saturated carbocycles. The molecule has 1 atom stereocenters. The van der Waals surface area contributed by atoms with E-state index in [1.807, 2.05) is 0 Å². The molecule has 1 aliphatic rings. The zero-order chi connectivity index (χ0) is 13.3. The van der Waals surface area contributed by atoms with Crippen LogP contribution in [0.25, 0.3) is 0 Å². The van der Waals surface area contributed by atoms with Crippen LogP contribution in [0.2, 0.25) is 0 Å². The van der Waals surface area contributed by atoms with Gasteiger partial charge in [-0.05, 0) is 37.8 Å². The zero-order valence-electron chi connectivity index (χ0n) is 12.1. The highest BCUT2D eigenvalue weighted by Crippen LogP contribution is 2.30. The molecular formula is C17H27NS. The lowest BCUT2D eigenvalue weighted by molar-refractivity contribution is 0.549. The lowest BCUT2D eigenvalue weighted by Gasteiger charge is -2.20. The van der Waals surface area contributed by atoms with Gasteiger partial charge in [-0.15, -0.1) is 0 Å². The van der Waals surface area contributed by atoms with Gasteiger partial charge >= 0.3 is 0 Å². The predicted octanol–water partition coefficient (Wildman–Crippen LogP) is 4.27. The van der Waals surface area contributed by atoms with Gasteiger partial charge in [0.05, 0.1) is 0 Å². The molecule has 0 bridgehead atoms. The fourth-order valence-corrected chi connectivity index (χ4v) is 4.15. The first kappa shape index (κ1) is 14.9. The van der Waals surface area contributed by atoms with Gasteiger partial charge in [0.2, 0.25) is 0 Å². The average molecular weight is 277 g/mol. The molecule has 2 heteroatoms. The summed E-state index contributed by atoms with van der Waals surface area (Å²) in [6.45, 7) is 3.39. The smallest absolute Gasteiger partial charge is 0.0198 e. The molecule has 0 aliphatic heterocycles. The summed E-state index contributed by atoms with van der Waals surface area (Å²) < 4.78 is 0. The quantitative estimate of drug-likeness (QED) is 0.761. The largest absolute Gasteiger partial charge is 0.313 e. The summed E-state index contributed by atoms with van der Waals surface area (Å²) in [5, 5.41) is 4.65. The maximum absolute atomic E-state index is 3.72. The Bertz CT molecular complexity index is 332. The molecule has 0 amide bonds. The minimum absolute atomic E-state index is 0.632. The normalized spacial score (nSPS) is 17.7.